The number of unbranched alkanes of at least 4 members (excludes halogenated alkanes) is 32. The fourth-order valence-electron chi connectivity index (χ4n) is 6.49. The maximum absolute atomic E-state index is 12.2. The Morgan fingerprint density at radius 1 is 0.256 bits per heavy atom. The highest BCUT2D eigenvalue weighted by Crippen LogP contribution is 2.16. The number of rotatable bonds is 38. The minimum Gasteiger partial charge on any atom is -0.299 e. The average Bonchev–Trinajstić information content (AvgIpc) is 3.00. The summed E-state index contributed by atoms with van der Waals surface area (Å²) < 4.78 is 0. The second-order valence-corrected chi connectivity index (χ2v) is 14.1. The van der Waals surface area contributed by atoms with E-state index in [4.69, 9.17) is 0 Å². The van der Waals surface area contributed by atoms with Crippen molar-refractivity contribution in [3.05, 3.63) is 0 Å². The smallest absolute Gasteiger partial charge is 0.140 e. The maximum atomic E-state index is 12.2. The molecule has 43 heavy (non-hydrogen) atoms. The van der Waals surface area contributed by atoms with Gasteiger partial charge in [-0.05, 0) is 12.8 Å². The van der Waals surface area contributed by atoms with Crippen LogP contribution in [0.15, 0.2) is 0 Å². The van der Waals surface area contributed by atoms with Crippen molar-refractivity contribution in [1.82, 2.24) is 0 Å². The second kappa shape index (κ2) is 37.5. The lowest BCUT2D eigenvalue weighted by Crippen LogP contribution is -2.07. The molecule has 0 atom stereocenters. The van der Waals surface area contributed by atoms with Crippen LogP contribution in [0, 0.1) is 0 Å². The van der Waals surface area contributed by atoms with Gasteiger partial charge in [-0.3, -0.25) is 9.59 Å². The largest absolute Gasteiger partial charge is 0.299 e. The SMILES string of the molecule is CCCCCCCCCCCCCCCCCCCC(=O)CC(=O)CCCCCCCCCCCCCCCCCCC. The van der Waals surface area contributed by atoms with Crippen LogP contribution in [0.25, 0.3) is 0 Å². The van der Waals surface area contributed by atoms with Crippen LogP contribution < -0.4 is 0 Å². The molecule has 0 aromatic carbocycles. The molecule has 0 rings (SSSR count). The molecular formula is C41H80O2. The highest BCUT2D eigenvalue weighted by atomic mass is 16.1. The standard InChI is InChI=1S/C41H80O2/c1-3-5-7-9-11-13-15-17-19-21-23-25-27-29-31-33-35-37-40(42)39-41(43)38-36-34-32-30-28-26-24-22-20-18-16-14-12-10-8-6-4-2/h3-39H2,1-2H3. The zero-order valence-electron chi connectivity index (χ0n) is 30.0. The van der Waals surface area contributed by atoms with E-state index in [-0.39, 0.29) is 18.0 Å². The molecular weight excluding hydrogens is 524 g/mol. The van der Waals surface area contributed by atoms with Gasteiger partial charge in [0.2, 0.25) is 0 Å². The van der Waals surface area contributed by atoms with E-state index in [0.717, 1.165) is 25.7 Å². The van der Waals surface area contributed by atoms with E-state index < -0.39 is 0 Å². The van der Waals surface area contributed by atoms with Gasteiger partial charge in [0.25, 0.3) is 0 Å². The Morgan fingerprint density at radius 2 is 0.419 bits per heavy atom. The van der Waals surface area contributed by atoms with E-state index >= 15 is 0 Å². The summed E-state index contributed by atoms with van der Waals surface area (Å²) in [6.07, 6.45) is 47.5. The van der Waals surface area contributed by atoms with Crippen LogP contribution in [0.5, 0.6) is 0 Å². The Balaban J connectivity index is 3.26. The Kier molecular flexibility index (Phi) is 37.0. The molecule has 0 saturated carbocycles. The normalized spacial score (nSPS) is 11.4. The highest BCUT2D eigenvalue weighted by Gasteiger charge is 2.09. The Labute approximate surface area is 272 Å². The zero-order chi connectivity index (χ0) is 31.3. The van der Waals surface area contributed by atoms with E-state index in [9.17, 15) is 9.59 Å². The van der Waals surface area contributed by atoms with Crippen molar-refractivity contribution in [2.45, 2.75) is 251 Å². The van der Waals surface area contributed by atoms with Crippen LogP contribution in [0.2, 0.25) is 0 Å². The third-order valence-electron chi connectivity index (χ3n) is 9.51. The summed E-state index contributed by atoms with van der Waals surface area (Å²) in [7, 11) is 0. The number of hydrogen-bond donors (Lipinski definition) is 0. The summed E-state index contributed by atoms with van der Waals surface area (Å²) in [5.74, 6) is 0.357. The molecule has 0 amide bonds. The van der Waals surface area contributed by atoms with Crippen LogP contribution in [0.3, 0.4) is 0 Å². The summed E-state index contributed by atoms with van der Waals surface area (Å²) in [4.78, 5) is 24.4. The van der Waals surface area contributed by atoms with Gasteiger partial charge in [-0.25, -0.2) is 0 Å². The topological polar surface area (TPSA) is 34.1 Å². The van der Waals surface area contributed by atoms with Crippen molar-refractivity contribution in [1.29, 1.82) is 0 Å². The molecule has 0 spiro atoms. The molecule has 0 aliphatic rings. The molecule has 0 heterocycles. The summed E-state index contributed by atoms with van der Waals surface area (Å²) in [6, 6.07) is 0. The molecule has 256 valence electrons. The minimum absolute atomic E-state index is 0.179. The molecule has 2 nitrogen and oxygen atoms in total. The number of Topliss-reactive ketones (excluding diaryl/α,β-unsaturated/α-hetero) is 2. The fraction of sp³-hybridized carbons (Fsp3) is 0.951. The molecule has 2 heteroatoms. The van der Waals surface area contributed by atoms with E-state index in [0.29, 0.717) is 12.8 Å². The third-order valence-corrected chi connectivity index (χ3v) is 9.51. The predicted molar refractivity (Wildman–Crippen MR) is 192 cm³/mol. The lowest BCUT2D eigenvalue weighted by Gasteiger charge is -2.04. The number of hydrogen-bond acceptors (Lipinski definition) is 2. The molecule has 0 aliphatic carbocycles. The summed E-state index contributed by atoms with van der Waals surface area (Å²) in [6.45, 7) is 4.58. The number of ketones is 2. The lowest BCUT2D eigenvalue weighted by molar-refractivity contribution is -0.127. The number of carbonyl (C=O) groups excluding carboxylic acids is 2. The third kappa shape index (κ3) is 37.4. The van der Waals surface area contributed by atoms with Gasteiger partial charge in [0.15, 0.2) is 0 Å². The number of carbonyl (C=O) groups is 2. The first-order chi connectivity index (χ1) is 21.2. The summed E-state index contributed by atoms with van der Waals surface area (Å²) in [5.41, 5.74) is 0. The van der Waals surface area contributed by atoms with Crippen LogP contribution in [0.1, 0.15) is 251 Å². The van der Waals surface area contributed by atoms with Gasteiger partial charge in [-0.1, -0.05) is 219 Å². The molecule has 0 aliphatic heterocycles. The minimum atomic E-state index is 0.179. The van der Waals surface area contributed by atoms with Crippen LogP contribution in [-0.2, 0) is 9.59 Å². The van der Waals surface area contributed by atoms with E-state index in [1.807, 2.05) is 0 Å². The molecule has 0 radical (unpaired) electrons. The van der Waals surface area contributed by atoms with Crippen LogP contribution in [0.4, 0.5) is 0 Å². The Hall–Kier alpha value is -0.660. The van der Waals surface area contributed by atoms with Gasteiger partial charge in [0, 0.05) is 12.8 Å². The van der Waals surface area contributed by atoms with Crippen molar-refractivity contribution in [2.24, 2.45) is 0 Å². The average molecular weight is 605 g/mol. The van der Waals surface area contributed by atoms with Gasteiger partial charge < -0.3 is 0 Å². The molecule has 0 aromatic rings. The molecule has 0 bridgehead atoms. The van der Waals surface area contributed by atoms with E-state index in [2.05, 4.69) is 13.8 Å². The Morgan fingerprint density at radius 3 is 0.605 bits per heavy atom. The second-order valence-electron chi connectivity index (χ2n) is 14.1. The molecule has 0 unspecified atom stereocenters. The quantitative estimate of drug-likeness (QED) is 0.0519. The van der Waals surface area contributed by atoms with Crippen LogP contribution in [-0.4, -0.2) is 11.6 Å². The maximum Gasteiger partial charge on any atom is 0.140 e. The molecule has 0 N–H and O–H groups in total. The van der Waals surface area contributed by atoms with Crippen molar-refractivity contribution < 1.29 is 9.59 Å². The highest BCUT2D eigenvalue weighted by molar-refractivity contribution is 5.98. The zero-order valence-corrected chi connectivity index (χ0v) is 30.0. The van der Waals surface area contributed by atoms with E-state index in [1.54, 1.807) is 0 Å². The lowest BCUT2D eigenvalue weighted by atomic mass is 10.0. The van der Waals surface area contributed by atoms with Gasteiger partial charge in [-0.15, -0.1) is 0 Å². The van der Waals surface area contributed by atoms with E-state index in [1.165, 1.54) is 193 Å². The van der Waals surface area contributed by atoms with Gasteiger partial charge in [0.05, 0.1) is 6.42 Å². The first kappa shape index (κ1) is 42.3. The van der Waals surface area contributed by atoms with Gasteiger partial charge in [-0.2, -0.15) is 0 Å². The van der Waals surface area contributed by atoms with Gasteiger partial charge >= 0.3 is 0 Å². The van der Waals surface area contributed by atoms with Crippen LogP contribution >= 0.6 is 0 Å². The molecule has 0 aromatic heterocycles. The van der Waals surface area contributed by atoms with Gasteiger partial charge in [0.1, 0.15) is 11.6 Å². The van der Waals surface area contributed by atoms with Crippen molar-refractivity contribution in [3.63, 3.8) is 0 Å². The van der Waals surface area contributed by atoms with Crippen molar-refractivity contribution >= 4 is 11.6 Å². The molecule has 0 saturated heterocycles. The fourth-order valence-corrected chi connectivity index (χ4v) is 6.49. The first-order valence-electron chi connectivity index (χ1n) is 20.2. The molecule has 0 fully saturated rings. The predicted octanol–water partition coefficient (Wildman–Crippen LogP) is 14.6. The Bertz CT molecular complexity index is 506. The summed E-state index contributed by atoms with van der Waals surface area (Å²) >= 11 is 0. The monoisotopic (exact) mass is 605 g/mol. The first-order valence-corrected chi connectivity index (χ1v) is 20.2. The summed E-state index contributed by atoms with van der Waals surface area (Å²) in [5, 5.41) is 0. The van der Waals surface area contributed by atoms with Crippen molar-refractivity contribution in [2.75, 3.05) is 0 Å². The van der Waals surface area contributed by atoms with Crippen molar-refractivity contribution in [3.8, 4) is 0 Å².